The minimum absolute atomic E-state index is 0.767. The lowest BCUT2D eigenvalue weighted by atomic mass is 9.93. The summed E-state index contributed by atoms with van der Waals surface area (Å²) in [7, 11) is 0. The summed E-state index contributed by atoms with van der Waals surface area (Å²) in [6, 6.07) is 6.18. The highest BCUT2D eigenvalue weighted by atomic mass is 32.1. The van der Waals surface area contributed by atoms with E-state index in [-0.39, 0.29) is 0 Å². The van der Waals surface area contributed by atoms with Gasteiger partial charge in [0.15, 0.2) is 5.13 Å². The van der Waals surface area contributed by atoms with Gasteiger partial charge in [-0.15, -0.1) is 11.3 Å². The van der Waals surface area contributed by atoms with Crippen LogP contribution in [0.4, 0.5) is 10.9 Å². The number of thiazole rings is 1. The molecule has 0 unspecified atom stereocenters. The molecule has 2 N–H and O–H groups in total. The van der Waals surface area contributed by atoms with E-state index in [4.69, 9.17) is 0 Å². The average molecular weight is 274 g/mol. The lowest BCUT2D eigenvalue weighted by Gasteiger charge is -2.22. The molecule has 1 aliphatic rings. The van der Waals surface area contributed by atoms with Gasteiger partial charge in [-0.1, -0.05) is 6.07 Å². The Hall–Kier alpha value is -1.46. The van der Waals surface area contributed by atoms with Gasteiger partial charge in [-0.05, 0) is 50.4 Å². The molecular formula is C14H18N4S. The maximum atomic E-state index is 4.68. The zero-order valence-corrected chi connectivity index (χ0v) is 11.6. The Balaban J connectivity index is 1.65. The standard InChI is InChI=1S/C14H18N4S/c1-2-12(10-11-4-6-15-7-5-11)17-13(3-1)18-14-16-8-9-19-14/h1-3,8-9,11,15H,4-7,10H2,(H,16,17,18). The van der Waals surface area contributed by atoms with Crippen LogP contribution in [0, 0.1) is 5.92 Å². The van der Waals surface area contributed by atoms with Gasteiger partial charge in [0.1, 0.15) is 5.82 Å². The summed E-state index contributed by atoms with van der Waals surface area (Å²) in [6.45, 7) is 2.28. The molecule has 19 heavy (non-hydrogen) atoms. The van der Waals surface area contributed by atoms with E-state index >= 15 is 0 Å². The van der Waals surface area contributed by atoms with Crippen molar-refractivity contribution in [1.29, 1.82) is 0 Å². The number of anilines is 2. The predicted octanol–water partition coefficient (Wildman–Crippen LogP) is 2.82. The van der Waals surface area contributed by atoms with Gasteiger partial charge in [0.2, 0.25) is 0 Å². The molecule has 0 aliphatic carbocycles. The third-order valence-electron chi connectivity index (χ3n) is 3.43. The van der Waals surface area contributed by atoms with Crippen LogP contribution in [0.2, 0.25) is 0 Å². The number of nitrogens with one attached hydrogen (secondary N) is 2. The van der Waals surface area contributed by atoms with Gasteiger partial charge >= 0.3 is 0 Å². The number of rotatable bonds is 4. The van der Waals surface area contributed by atoms with Crippen molar-refractivity contribution in [3.05, 3.63) is 35.5 Å². The molecule has 0 saturated carbocycles. The average Bonchev–Trinajstić information content (AvgIpc) is 2.93. The van der Waals surface area contributed by atoms with Crippen LogP contribution in [0.3, 0.4) is 0 Å². The number of piperidine rings is 1. The van der Waals surface area contributed by atoms with Crippen LogP contribution in [0.25, 0.3) is 0 Å². The van der Waals surface area contributed by atoms with E-state index < -0.39 is 0 Å². The lowest BCUT2D eigenvalue weighted by molar-refractivity contribution is 0.370. The van der Waals surface area contributed by atoms with Crippen LogP contribution in [0.15, 0.2) is 29.8 Å². The Morgan fingerprint density at radius 1 is 1.32 bits per heavy atom. The number of hydrogen-bond acceptors (Lipinski definition) is 5. The third kappa shape index (κ3) is 3.52. The van der Waals surface area contributed by atoms with Gasteiger partial charge in [-0.25, -0.2) is 9.97 Å². The van der Waals surface area contributed by atoms with Gasteiger partial charge in [-0.2, -0.15) is 0 Å². The molecule has 0 aromatic carbocycles. The molecule has 100 valence electrons. The summed E-state index contributed by atoms with van der Waals surface area (Å²) in [5.41, 5.74) is 1.17. The highest BCUT2D eigenvalue weighted by molar-refractivity contribution is 7.13. The van der Waals surface area contributed by atoms with E-state index in [1.807, 2.05) is 11.4 Å². The maximum absolute atomic E-state index is 4.68. The van der Waals surface area contributed by atoms with E-state index in [9.17, 15) is 0 Å². The first kappa shape index (κ1) is 12.6. The predicted molar refractivity (Wildman–Crippen MR) is 78.9 cm³/mol. The quantitative estimate of drug-likeness (QED) is 0.900. The highest BCUT2D eigenvalue weighted by Gasteiger charge is 2.14. The van der Waals surface area contributed by atoms with Crippen molar-refractivity contribution in [2.45, 2.75) is 19.3 Å². The minimum Gasteiger partial charge on any atom is -0.317 e. The molecular weight excluding hydrogens is 256 g/mol. The summed E-state index contributed by atoms with van der Waals surface area (Å²) in [4.78, 5) is 8.89. The van der Waals surface area contributed by atoms with Gasteiger partial charge in [0, 0.05) is 17.3 Å². The van der Waals surface area contributed by atoms with Crippen LogP contribution >= 0.6 is 11.3 Å². The molecule has 4 nitrogen and oxygen atoms in total. The molecule has 0 atom stereocenters. The van der Waals surface area contributed by atoms with Gasteiger partial charge < -0.3 is 10.6 Å². The zero-order valence-electron chi connectivity index (χ0n) is 10.8. The molecule has 3 heterocycles. The molecule has 0 spiro atoms. The second-order valence-electron chi connectivity index (χ2n) is 4.87. The zero-order chi connectivity index (χ0) is 12.9. The summed E-state index contributed by atoms with van der Waals surface area (Å²) in [6.07, 6.45) is 5.39. The Morgan fingerprint density at radius 2 is 2.21 bits per heavy atom. The van der Waals surface area contributed by atoms with Crippen LogP contribution < -0.4 is 10.6 Å². The van der Waals surface area contributed by atoms with E-state index in [1.165, 1.54) is 18.5 Å². The third-order valence-corrected chi connectivity index (χ3v) is 4.12. The molecule has 0 amide bonds. The Kier molecular flexibility index (Phi) is 4.05. The molecule has 0 bridgehead atoms. The van der Waals surface area contributed by atoms with Gasteiger partial charge in [0.25, 0.3) is 0 Å². The Labute approximate surface area is 117 Å². The lowest BCUT2D eigenvalue weighted by Crippen LogP contribution is -2.28. The number of hydrogen-bond donors (Lipinski definition) is 2. The molecule has 2 aromatic heterocycles. The second kappa shape index (κ2) is 6.12. The van der Waals surface area contributed by atoms with E-state index in [0.717, 1.165) is 36.4 Å². The summed E-state index contributed by atoms with van der Waals surface area (Å²) in [5.74, 6) is 1.66. The SMILES string of the molecule is c1cc(CC2CCNCC2)nc(Nc2nccs2)c1. The molecule has 5 heteroatoms. The first-order valence-electron chi connectivity index (χ1n) is 6.73. The van der Waals surface area contributed by atoms with Crippen molar-refractivity contribution in [3.8, 4) is 0 Å². The molecule has 0 radical (unpaired) electrons. The molecule has 3 rings (SSSR count). The van der Waals surface area contributed by atoms with Crippen molar-refractivity contribution < 1.29 is 0 Å². The highest BCUT2D eigenvalue weighted by Crippen LogP contribution is 2.20. The van der Waals surface area contributed by atoms with Crippen LogP contribution in [-0.2, 0) is 6.42 Å². The van der Waals surface area contributed by atoms with Crippen molar-refractivity contribution in [2.75, 3.05) is 18.4 Å². The first-order valence-corrected chi connectivity index (χ1v) is 7.61. The normalized spacial score (nSPS) is 16.4. The first-order chi connectivity index (χ1) is 9.40. The fourth-order valence-corrected chi connectivity index (χ4v) is 2.98. The topological polar surface area (TPSA) is 49.8 Å². The summed E-state index contributed by atoms with van der Waals surface area (Å²) >= 11 is 1.59. The largest absolute Gasteiger partial charge is 0.317 e. The van der Waals surface area contributed by atoms with Crippen LogP contribution in [0.1, 0.15) is 18.5 Å². The number of nitrogens with zero attached hydrogens (tertiary/aromatic N) is 2. The van der Waals surface area contributed by atoms with Crippen LogP contribution in [0.5, 0.6) is 0 Å². The second-order valence-corrected chi connectivity index (χ2v) is 5.77. The summed E-state index contributed by atoms with van der Waals surface area (Å²) in [5, 5.41) is 9.50. The Bertz CT molecular complexity index is 506. The minimum atomic E-state index is 0.767. The number of aromatic nitrogens is 2. The monoisotopic (exact) mass is 274 g/mol. The molecule has 1 saturated heterocycles. The van der Waals surface area contributed by atoms with E-state index in [2.05, 4.69) is 32.7 Å². The summed E-state index contributed by atoms with van der Waals surface area (Å²) < 4.78 is 0. The van der Waals surface area contributed by atoms with E-state index in [1.54, 1.807) is 17.5 Å². The fourth-order valence-electron chi connectivity index (χ4n) is 2.44. The smallest absolute Gasteiger partial charge is 0.188 e. The van der Waals surface area contributed by atoms with E-state index in [0.29, 0.717) is 0 Å². The molecule has 1 aliphatic heterocycles. The van der Waals surface area contributed by atoms with Gasteiger partial charge in [-0.3, -0.25) is 0 Å². The molecule has 1 fully saturated rings. The van der Waals surface area contributed by atoms with Gasteiger partial charge in [0.05, 0.1) is 0 Å². The number of pyridine rings is 1. The fraction of sp³-hybridized carbons (Fsp3) is 0.429. The van der Waals surface area contributed by atoms with Crippen molar-refractivity contribution in [2.24, 2.45) is 5.92 Å². The molecule has 2 aromatic rings. The van der Waals surface area contributed by atoms with Crippen molar-refractivity contribution in [1.82, 2.24) is 15.3 Å². The Morgan fingerprint density at radius 3 is 3.00 bits per heavy atom. The van der Waals surface area contributed by atoms with Crippen molar-refractivity contribution in [3.63, 3.8) is 0 Å². The van der Waals surface area contributed by atoms with Crippen LogP contribution in [-0.4, -0.2) is 23.1 Å². The van der Waals surface area contributed by atoms with Crippen molar-refractivity contribution >= 4 is 22.3 Å². The maximum Gasteiger partial charge on any atom is 0.188 e.